The molecule has 1 aliphatic carbocycles. The Bertz CT molecular complexity index is 536. The van der Waals surface area contributed by atoms with Crippen LogP contribution in [0.2, 0.25) is 0 Å². The van der Waals surface area contributed by atoms with Gasteiger partial charge in [-0.05, 0) is 30.9 Å². The van der Waals surface area contributed by atoms with Crippen LogP contribution in [0.5, 0.6) is 0 Å². The summed E-state index contributed by atoms with van der Waals surface area (Å²) in [6, 6.07) is 8.70. The average molecular weight is 296 g/mol. The zero-order valence-electron chi connectivity index (χ0n) is 11.5. The van der Waals surface area contributed by atoms with Gasteiger partial charge in [0.15, 0.2) is 15.6 Å². The molecule has 0 N–H and O–H groups in total. The summed E-state index contributed by atoms with van der Waals surface area (Å²) < 4.78 is 36.0. The van der Waals surface area contributed by atoms with Gasteiger partial charge in [-0.2, -0.15) is 0 Å². The summed E-state index contributed by atoms with van der Waals surface area (Å²) in [5, 5.41) is 0. The van der Waals surface area contributed by atoms with Crippen LogP contribution in [-0.2, 0) is 19.3 Å². The van der Waals surface area contributed by atoms with Crippen LogP contribution in [0.1, 0.15) is 25.7 Å². The molecule has 1 heterocycles. The maximum atomic E-state index is 12.4. The average Bonchev–Trinajstić information content (AvgIpc) is 2.91. The van der Waals surface area contributed by atoms with Crippen LogP contribution in [0.25, 0.3) is 0 Å². The van der Waals surface area contributed by atoms with E-state index in [1.807, 2.05) is 6.07 Å². The van der Waals surface area contributed by atoms with E-state index >= 15 is 0 Å². The first kappa shape index (κ1) is 14.0. The van der Waals surface area contributed by atoms with Gasteiger partial charge in [0.1, 0.15) is 0 Å². The van der Waals surface area contributed by atoms with Gasteiger partial charge in [0.2, 0.25) is 0 Å². The van der Waals surface area contributed by atoms with Crippen LogP contribution in [0, 0.1) is 5.92 Å². The molecule has 1 aromatic rings. The molecular formula is C15H20O4S. The fourth-order valence-electron chi connectivity index (χ4n) is 3.10. The molecule has 110 valence electrons. The first-order valence-electron chi connectivity index (χ1n) is 7.15. The van der Waals surface area contributed by atoms with E-state index in [4.69, 9.17) is 9.47 Å². The van der Waals surface area contributed by atoms with E-state index in [1.165, 1.54) is 0 Å². The van der Waals surface area contributed by atoms with Crippen LogP contribution in [0.3, 0.4) is 0 Å². The number of sulfone groups is 1. The molecule has 5 heteroatoms. The third kappa shape index (κ3) is 2.90. The second kappa shape index (κ2) is 5.47. The lowest BCUT2D eigenvalue weighted by atomic mass is 9.86. The van der Waals surface area contributed by atoms with E-state index in [0.29, 0.717) is 18.1 Å². The highest BCUT2D eigenvalue weighted by Gasteiger charge is 2.41. The van der Waals surface area contributed by atoms with Gasteiger partial charge in [0.25, 0.3) is 0 Å². The Morgan fingerprint density at radius 1 is 1.05 bits per heavy atom. The van der Waals surface area contributed by atoms with Crippen molar-refractivity contribution in [3.8, 4) is 0 Å². The van der Waals surface area contributed by atoms with E-state index in [2.05, 4.69) is 0 Å². The van der Waals surface area contributed by atoms with E-state index in [-0.39, 0.29) is 11.7 Å². The normalized spacial score (nSPS) is 23.2. The van der Waals surface area contributed by atoms with E-state index in [0.717, 1.165) is 25.7 Å². The van der Waals surface area contributed by atoms with Gasteiger partial charge in [0, 0.05) is 12.8 Å². The fraction of sp³-hybridized carbons (Fsp3) is 0.600. The lowest BCUT2D eigenvalue weighted by Gasteiger charge is -2.35. The Balaban J connectivity index is 1.62. The molecular weight excluding hydrogens is 276 g/mol. The Kier molecular flexibility index (Phi) is 3.84. The summed E-state index contributed by atoms with van der Waals surface area (Å²) in [7, 11) is -3.18. The smallest absolute Gasteiger partial charge is 0.178 e. The van der Waals surface area contributed by atoms with Crippen molar-refractivity contribution < 1.29 is 17.9 Å². The number of ether oxygens (including phenoxy) is 2. The van der Waals surface area contributed by atoms with Crippen molar-refractivity contribution in [1.82, 2.24) is 0 Å². The third-order valence-corrected chi connectivity index (χ3v) is 6.14. The molecule has 1 aromatic carbocycles. The van der Waals surface area contributed by atoms with Gasteiger partial charge >= 0.3 is 0 Å². The number of benzene rings is 1. The molecule has 1 saturated heterocycles. The topological polar surface area (TPSA) is 52.6 Å². The first-order valence-corrected chi connectivity index (χ1v) is 8.81. The molecule has 0 unspecified atom stereocenters. The number of rotatable bonds is 3. The molecule has 3 rings (SSSR count). The van der Waals surface area contributed by atoms with Crippen molar-refractivity contribution in [3.63, 3.8) is 0 Å². The molecule has 1 spiro atoms. The Labute approximate surface area is 120 Å². The minimum absolute atomic E-state index is 0.207. The molecule has 1 aliphatic heterocycles. The quantitative estimate of drug-likeness (QED) is 0.859. The van der Waals surface area contributed by atoms with Gasteiger partial charge < -0.3 is 9.47 Å². The maximum absolute atomic E-state index is 12.4. The molecule has 2 aliphatic rings. The predicted octanol–water partition coefficient (Wildman–Crippen LogP) is 2.39. The molecule has 20 heavy (non-hydrogen) atoms. The molecule has 4 nitrogen and oxygen atoms in total. The van der Waals surface area contributed by atoms with Crippen molar-refractivity contribution in [2.45, 2.75) is 36.4 Å². The van der Waals surface area contributed by atoms with E-state index < -0.39 is 15.6 Å². The molecule has 2 fully saturated rings. The Hall–Kier alpha value is -0.910. The molecule has 0 radical (unpaired) electrons. The van der Waals surface area contributed by atoms with Crippen LogP contribution < -0.4 is 0 Å². The minimum Gasteiger partial charge on any atom is -0.348 e. The highest BCUT2D eigenvalue weighted by Crippen LogP contribution is 2.39. The minimum atomic E-state index is -3.18. The van der Waals surface area contributed by atoms with Crippen LogP contribution in [0.4, 0.5) is 0 Å². The second-order valence-electron chi connectivity index (χ2n) is 5.65. The lowest BCUT2D eigenvalue weighted by molar-refractivity contribution is -0.181. The zero-order valence-corrected chi connectivity index (χ0v) is 12.3. The highest BCUT2D eigenvalue weighted by molar-refractivity contribution is 7.91. The highest BCUT2D eigenvalue weighted by atomic mass is 32.2. The van der Waals surface area contributed by atoms with Gasteiger partial charge in [0.05, 0.1) is 23.9 Å². The van der Waals surface area contributed by atoms with Gasteiger partial charge in [-0.3, -0.25) is 0 Å². The van der Waals surface area contributed by atoms with Gasteiger partial charge in [-0.15, -0.1) is 0 Å². The lowest BCUT2D eigenvalue weighted by Crippen LogP contribution is -2.36. The summed E-state index contributed by atoms with van der Waals surface area (Å²) in [6.07, 6.45) is 3.32. The van der Waals surface area contributed by atoms with Crippen molar-refractivity contribution in [1.29, 1.82) is 0 Å². The van der Waals surface area contributed by atoms with E-state index in [9.17, 15) is 8.42 Å². The third-order valence-electron chi connectivity index (χ3n) is 4.24. The Morgan fingerprint density at radius 3 is 2.25 bits per heavy atom. The molecule has 0 atom stereocenters. The van der Waals surface area contributed by atoms with Crippen molar-refractivity contribution in [2.24, 2.45) is 5.92 Å². The predicted molar refractivity (Wildman–Crippen MR) is 75.1 cm³/mol. The standard InChI is InChI=1S/C15H20O4S/c16-20(17,14-4-2-1-3-5-14)12-13-6-8-15(9-7-13)18-10-11-19-15/h1-5,13H,6-12H2. The van der Waals surface area contributed by atoms with Crippen LogP contribution in [-0.4, -0.2) is 33.2 Å². The van der Waals surface area contributed by atoms with Crippen molar-refractivity contribution in [2.75, 3.05) is 19.0 Å². The molecule has 0 bridgehead atoms. The summed E-state index contributed by atoms with van der Waals surface area (Å²) in [5.41, 5.74) is 0. The number of hydrogen-bond donors (Lipinski definition) is 0. The molecule has 0 aromatic heterocycles. The maximum Gasteiger partial charge on any atom is 0.178 e. The number of hydrogen-bond acceptors (Lipinski definition) is 4. The fourth-order valence-corrected chi connectivity index (χ4v) is 4.82. The van der Waals surface area contributed by atoms with Crippen molar-refractivity contribution in [3.05, 3.63) is 30.3 Å². The molecule has 1 saturated carbocycles. The van der Waals surface area contributed by atoms with Crippen LogP contribution in [0.15, 0.2) is 35.2 Å². The van der Waals surface area contributed by atoms with Crippen molar-refractivity contribution >= 4 is 9.84 Å². The summed E-state index contributed by atoms with van der Waals surface area (Å²) >= 11 is 0. The van der Waals surface area contributed by atoms with Gasteiger partial charge in [-0.25, -0.2) is 8.42 Å². The van der Waals surface area contributed by atoms with E-state index in [1.54, 1.807) is 24.3 Å². The SMILES string of the molecule is O=S(=O)(CC1CCC2(CC1)OCCO2)c1ccccc1. The summed E-state index contributed by atoms with van der Waals surface area (Å²) in [4.78, 5) is 0.425. The summed E-state index contributed by atoms with van der Waals surface area (Å²) in [5.74, 6) is 0.0266. The Morgan fingerprint density at radius 2 is 1.65 bits per heavy atom. The van der Waals surface area contributed by atoms with Gasteiger partial charge in [-0.1, -0.05) is 18.2 Å². The largest absolute Gasteiger partial charge is 0.348 e. The van der Waals surface area contributed by atoms with Crippen LogP contribution >= 0.6 is 0 Å². The first-order chi connectivity index (χ1) is 9.60. The second-order valence-corrected chi connectivity index (χ2v) is 7.68. The monoisotopic (exact) mass is 296 g/mol. The summed E-state index contributed by atoms with van der Waals surface area (Å²) in [6.45, 7) is 1.32. The zero-order chi connectivity index (χ0) is 14.1. The molecule has 0 amide bonds.